The molecule has 2 unspecified atom stereocenters. The lowest BCUT2D eigenvalue weighted by Crippen LogP contribution is -2.67. The van der Waals surface area contributed by atoms with Gasteiger partial charge in [-0.3, -0.25) is 4.79 Å². The molecule has 0 aromatic carbocycles. The van der Waals surface area contributed by atoms with Gasteiger partial charge in [0.25, 0.3) is 0 Å². The Labute approximate surface area is 196 Å². The van der Waals surface area contributed by atoms with Gasteiger partial charge in [-0.05, 0) is 70.8 Å². The number of fused-ring (bicyclic) bond motifs is 5. The molecule has 178 valence electrons. The summed E-state index contributed by atoms with van der Waals surface area (Å²) in [6.45, 7) is 9.40. The van der Waals surface area contributed by atoms with Crippen molar-refractivity contribution in [3.8, 4) is 0 Å². The minimum Gasteiger partial charge on any atom is -0.455 e. The number of hydrogen-bond acceptors (Lipinski definition) is 5. The van der Waals surface area contributed by atoms with Gasteiger partial charge in [-0.15, -0.1) is 0 Å². The lowest BCUT2D eigenvalue weighted by atomic mass is 9.47. The van der Waals surface area contributed by atoms with Crippen molar-refractivity contribution in [2.24, 2.45) is 22.7 Å². The van der Waals surface area contributed by atoms with Crippen LogP contribution < -0.4 is 0 Å². The molecule has 0 saturated heterocycles. The second kappa shape index (κ2) is 7.02. The normalized spacial score (nSPS) is 44.3. The summed E-state index contributed by atoms with van der Waals surface area (Å²) in [7, 11) is 0. The van der Waals surface area contributed by atoms with E-state index < -0.39 is 34.1 Å². The Hall–Kier alpha value is -1.98. The Morgan fingerprint density at radius 2 is 1.91 bits per heavy atom. The first kappa shape index (κ1) is 22.8. The summed E-state index contributed by atoms with van der Waals surface area (Å²) >= 11 is 0. The van der Waals surface area contributed by atoms with Crippen molar-refractivity contribution in [2.45, 2.75) is 90.4 Å². The second-order valence-corrected chi connectivity index (χ2v) is 11.6. The third kappa shape index (κ3) is 2.72. The van der Waals surface area contributed by atoms with E-state index in [1.807, 2.05) is 13.0 Å². The molecule has 33 heavy (non-hydrogen) atoms. The largest absolute Gasteiger partial charge is 0.455 e. The Morgan fingerprint density at radius 3 is 2.61 bits per heavy atom. The van der Waals surface area contributed by atoms with Crippen molar-refractivity contribution in [3.05, 3.63) is 46.6 Å². The number of carbonyl (C=O) groups excluding carboxylic acids is 2. The maximum Gasteiger partial charge on any atom is 0.334 e. The van der Waals surface area contributed by atoms with Gasteiger partial charge < -0.3 is 14.9 Å². The van der Waals surface area contributed by atoms with Crippen molar-refractivity contribution in [1.29, 1.82) is 0 Å². The zero-order valence-electron chi connectivity index (χ0n) is 20.4. The second-order valence-electron chi connectivity index (χ2n) is 11.6. The monoisotopic (exact) mass is 452 g/mol. The zero-order valence-corrected chi connectivity index (χ0v) is 20.4. The highest BCUT2D eigenvalue weighted by atomic mass is 16.6. The molecule has 1 saturated carbocycles. The average Bonchev–Trinajstić information content (AvgIpc) is 3.05. The maximum atomic E-state index is 13.1. The lowest BCUT2D eigenvalue weighted by molar-refractivity contribution is -0.239. The molecule has 5 rings (SSSR count). The van der Waals surface area contributed by atoms with Crippen molar-refractivity contribution in [1.82, 2.24) is 0 Å². The third-order valence-corrected chi connectivity index (χ3v) is 10.3. The average molecular weight is 453 g/mol. The molecule has 5 heteroatoms. The van der Waals surface area contributed by atoms with Crippen LogP contribution in [0.25, 0.3) is 0 Å². The molecule has 0 aromatic rings. The highest BCUT2D eigenvalue weighted by molar-refractivity contribution is 5.92. The number of rotatable bonds is 2. The molecule has 4 aliphatic carbocycles. The highest BCUT2D eigenvalue weighted by Crippen LogP contribution is 2.66. The number of ether oxygens (including phenoxy) is 1. The molecule has 5 nitrogen and oxygen atoms in total. The molecule has 0 spiro atoms. The quantitative estimate of drug-likeness (QED) is 0.481. The van der Waals surface area contributed by atoms with Gasteiger partial charge in [0, 0.05) is 23.8 Å². The van der Waals surface area contributed by atoms with E-state index in [4.69, 9.17) is 4.74 Å². The number of allylic oxidation sites excluding steroid dienone is 4. The lowest BCUT2D eigenvalue weighted by Gasteiger charge is -2.59. The molecule has 1 heterocycles. The van der Waals surface area contributed by atoms with Crippen LogP contribution in [-0.4, -0.2) is 39.3 Å². The topological polar surface area (TPSA) is 83.8 Å². The van der Waals surface area contributed by atoms with Gasteiger partial charge >= 0.3 is 5.97 Å². The van der Waals surface area contributed by atoms with E-state index >= 15 is 0 Å². The van der Waals surface area contributed by atoms with Crippen molar-refractivity contribution in [2.75, 3.05) is 0 Å². The molecule has 5 aliphatic rings. The smallest absolute Gasteiger partial charge is 0.334 e. The van der Waals surface area contributed by atoms with Crippen LogP contribution in [-0.2, 0) is 14.3 Å². The Balaban J connectivity index is 1.50. The van der Waals surface area contributed by atoms with Crippen LogP contribution in [0.5, 0.6) is 0 Å². The van der Waals surface area contributed by atoms with Crippen LogP contribution in [0.1, 0.15) is 73.1 Å². The van der Waals surface area contributed by atoms with Crippen molar-refractivity contribution >= 4 is 11.8 Å². The van der Waals surface area contributed by atoms with E-state index in [9.17, 15) is 19.8 Å². The molecular weight excluding hydrogens is 416 g/mol. The Bertz CT molecular complexity index is 1060. The Morgan fingerprint density at radius 1 is 1.18 bits per heavy atom. The summed E-state index contributed by atoms with van der Waals surface area (Å²) in [4.78, 5) is 25.5. The molecule has 0 radical (unpaired) electrons. The summed E-state index contributed by atoms with van der Waals surface area (Å²) in [6, 6.07) is 0. The van der Waals surface area contributed by atoms with Crippen LogP contribution in [0.4, 0.5) is 0 Å². The first-order valence-corrected chi connectivity index (χ1v) is 12.3. The van der Waals surface area contributed by atoms with Gasteiger partial charge in [0.2, 0.25) is 0 Å². The molecule has 0 amide bonds. The predicted octanol–water partition coefficient (Wildman–Crippen LogP) is 4.35. The number of ketones is 1. The van der Waals surface area contributed by atoms with E-state index in [1.54, 1.807) is 13.8 Å². The fourth-order valence-corrected chi connectivity index (χ4v) is 7.71. The van der Waals surface area contributed by atoms with Gasteiger partial charge in [-0.2, -0.15) is 0 Å². The standard InChI is InChI=1S/C28H36O5/c1-16-15-23(33-24(30)17(16)2)27(5,31)28(32)14-12-20-19-10-9-18-7-6-8-22(29)26(18,4)21(19)11-13-25(20,28)3/h6-7,9,12,19,21,23,31-32H,8,10-11,13-15H2,1-5H3/t19?,21?,23-,25+,26+,27+,28+/m1/s1. The third-order valence-electron chi connectivity index (χ3n) is 10.3. The first-order chi connectivity index (χ1) is 15.4. The molecule has 0 aromatic heterocycles. The molecule has 7 atom stereocenters. The summed E-state index contributed by atoms with van der Waals surface area (Å²) < 4.78 is 5.65. The van der Waals surface area contributed by atoms with Gasteiger partial charge in [0.1, 0.15) is 23.1 Å². The predicted molar refractivity (Wildman–Crippen MR) is 125 cm³/mol. The molecule has 0 bridgehead atoms. The molecular formula is C28H36O5. The van der Waals surface area contributed by atoms with E-state index in [-0.39, 0.29) is 17.6 Å². The molecule has 1 aliphatic heterocycles. The van der Waals surface area contributed by atoms with Crippen LogP contribution in [0.3, 0.4) is 0 Å². The van der Waals surface area contributed by atoms with Gasteiger partial charge in [0.15, 0.2) is 0 Å². The van der Waals surface area contributed by atoms with E-state index in [2.05, 4.69) is 32.1 Å². The van der Waals surface area contributed by atoms with Crippen LogP contribution in [0, 0.1) is 22.7 Å². The van der Waals surface area contributed by atoms with Gasteiger partial charge in [-0.25, -0.2) is 4.79 Å². The minimum atomic E-state index is -1.62. The molecule has 2 N–H and O–H groups in total. The Kier molecular flexibility index (Phi) is 4.85. The van der Waals surface area contributed by atoms with E-state index in [1.165, 1.54) is 0 Å². The van der Waals surface area contributed by atoms with E-state index in [0.717, 1.165) is 29.6 Å². The number of cyclic esters (lactones) is 1. The number of hydrogen-bond donors (Lipinski definition) is 2. The number of Topliss-reactive ketones (excluding diaryl/α,β-unsaturated/α-hetero) is 1. The van der Waals surface area contributed by atoms with Gasteiger partial charge in [-0.1, -0.05) is 42.4 Å². The summed E-state index contributed by atoms with van der Waals surface area (Å²) in [5, 5.41) is 24.0. The first-order valence-electron chi connectivity index (χ1n) is 12.3. The number of aliphatic hydroxyl groups is 2. The van der Waals surface area contributed by atoms with Crippen molar-refractivity contribution < 1.29 is 24.5 Å². The zero-order chi connectivity index (χ0) is 24.0. The van der Waals surface area contributed by atoms with Crippen LogP contribution in [0.2, 0.25) is 0 Å². The fraction of sp³-hybridized carbons (Fsp3) is 0.643. The minimum absolute atomic E-state index is 0.163. The van der Waals surface area contributed by atoms with Crippen LogP contribution >= 0.6 is 0 Å². The summed E-state index contributed by atoms with van der Waals surface area (Å²) in [5.41, 5.74) is -0.449. The van der Waals surface area contributed by atoms with Crippen molar-refractivity contribution in [3.63, 3.8) is 0 Å². The summed E-state index contributed by atoms with van der Waals surface area (Å²) in [5.74, 6) is 0.217. The number of esters is 1. The summed E-state index contributed by atoms with van der Waals surface area (Å²) in [6.07, 6.45) is 11.1. The highest BCUT2D eigenvalue weighted by Gasteiger charge is 2.68. The van der Waals surface area contributed by atoms with Crippen LogP contribution in [0.15, 0.2) is 46.6 Å². The number of carbonyl (C=O) groups is 2. The fourth-order valence-electron chi connectivity index (χ4n) is 7.71. The van der Waals surface area contributed by atoms with E-state index in [0.29, 0.717) is 31.3 Å². The molecule has 1 fully saturated rings. The SMILES string of the molecule is CC1=C(C)C(=O)O[C@@H]([C@](C)(O)[C@]2(O)CC=C3C4CC=C5C=CCC(=O)[C@]5(C)C4CC[C@@]32C)C1. The van der Waals surface area contributed by atoms with Gasteiger partial charge in [0.05, 0.1) is 5.41 Å². The maximum absolute atomic E-state index is 13.1.